The summed E-state index contributed by atoms with van der Waals surface area (Å²) in [7, 11) is 0. The molecule has 1 rings (SSSR count). The monoisotopic (exact) mass is 210 g/mol. The lowest BCUT2D eigenvalue weighted by atomic mass is 10.3. The predicted molar refractivity (Wildman–Crippen MR) is 59.0 cm³/mol. The van der Waals surface area contributed by atoms with Gasteiger partial charge in [0.1, 0.15) is 11.5 Å². The number of thioether (sulfide) groups is 1. The van der Waals surface area contributed by atoms with Crippen LogP contribution in [-0.2, 0) is 4.79 Å². The van der Waals surface area contributed by atoms with Crippen molar-refractivity contribution in [3.05, 3.63) is 24.3 Å². The summed E-state index contributed by atoms with van der Waals surface area (Å²) in [6.45, 7) is 2.04. The van der Waals surface area contributed by atoms with Crippen molar-refractivity contribution in [1.82, 2.24) is 0 Å². The molecule has 0 aliphatic carbocycles. The van der Waals surface area contributed by atoms with Gasteiger partial charge in [-0.15, -0.1) is 11.8 Å². The Hall–Kier alpha value is -0.960. The summed E-state index contributed by atoms with van der Waals surface area (Å²) in [5.41, 5.74) is 0. The third-order valence-electron chi connectivity index (χ3n) is 1.78. The quantitative estimate of drug-likeness (QED) is 0.699. The average molecular weight is 210 g/mol. The SMILES string of the molecule is CSc1ccc(OCCC(C)=O)cc1. The molecule has 0 fully saturated rings. The summed E-state index contributed by atoms with van der Waals surface area (Å²) < 4.78 is 5.39. The van der Waals surface area contributed by atoms with E-state index < -0.39 is 0 Å². The highest BCUT2D eigenvalue weighted by Crippen LogP contribution is 2.18. The molecule has 0 radical (unpaired) electrons. The van der Waals surface area contributed by atoms with Crippen molar-refractivity contribution < 1.29 is 9.53 Å². The number of carbonyl (C=O) groups excluding carboxylic acids is 1. The highest BCUT2D eigenvalue weighted by atomic mass is 32.2. The van der Waals surface area contributed by atoms with Gasteiger partial charge in [0.2, 0.25) is 0 Å². The molecule has 1 aromatic carbocycles. The number of rotatable bonds is 5. The van der Waals surface area contributed by atoms with Crippen molar-refractivity contribution in [2.75, 3.05) is 12.9 Å². The molecule has 0 heterocycles. The lowest BCUT2D eigenvalue weighted by molar-refractivity contribution is -0.117. The number of hydrogen-bond acceptors (Lipinski definition) is 3. The van der Waals surface area contributed by atoms with E-state index >= 15 is 0 Å². The van der Waals surface area contributed by atoms with Crippen LogP contribution in [0.25, 0.3) is 0 Å². The molecule has 76 valence electrons. The van der Waals surface area contributed by atoms with Crippen LogP contribution in [0.3, 0.4) is 0 Å². The number of benzene rings is 1. The van der Waals surface area contributed by atoms with Crippen LogP contribution in [0.1, 0.15) is 13.3 Å². The van der Waals surface area contributed by atoms with Crippen LogP contribution in [0.4, 0.5) is 0 Å². The number of ether oxygens (including phenoxy) is 1. The van der Waals surface area contributed by atoms with Crippen LogP contribution < -0.4 is 4.74 Å². The molecule has 0 aliphatic rings. The molecule has 0 atom stereocenters. The van der Waals surface area contributed by atoms with Crippen molar-refractivity contribution in [3.63, 3.8) is 0 Å². The molecule has 0 saturated carbocycles. The molecule has 0 aliphatic heterocycles. The normalized spacial score (nSPS) is 9.86. The summed E-state index contributed by atoms with van der Waals surface area (Å²) in [6, 6.07) is 7.86. The Bertz CT molecular complexity index is 293. The van der Waals surface area contributed by atoms with Crippen LogP contribution in [0.5, 0.6) is 5.75 Å². The zero-order valence-corrected chi connectivity index (χ0v) is 9.26. The third kappa shape index (κ3) is 3.83. The molecular weight excluding hydrogens is 196 g/mol. The van der Waals surface area contributed by atoms with Crippen LogP contribution in [0.2, 0.25) is 0 Å². The van der Waals surface area contributed by atoms with Gasteiger partial charge in [0.25, 0.3) is 0 Å². The number of hydrogen-bond donors (Lipinski definition) is 0. The third-order valence-corrected chi connectivity index (χ3v) is 2.53. The first-order valence-electron chi connectivity index (χ1n) is 4.48. The van der Waals surface area contributed by atoms with E-state index in [4.69, 9.17) is 4.74 Å². The molecule has 1 aromatic rings. The van der Waals surface area contributed by atoms with Crippen molar-refractivity contribution >= 4 is 17.5 Å². The van der Waals surface area contributed by atoms with Gasteiger partial charge in [0.15, 0.2) is 0 Å². The van der Waals surface area contributed by atoms with Gasteiger partial charge < -0.3 is 4.74 Å². The number of carbonyl (C=O) groups is 1. The van der Waals surface area contributed by atoms with E-state index in [2.05, 4.69) is 0 Å². The fourth-order valence-electron chi connectivity index (χ4n) is 0.985. The molecule has 0 amide bonds. The second-order valence-corrected chi connectivity index (χ2v) is 3.86. The Morgan fingerprint density at radius 1 is 1.36 bits per heavy atom. The van der Waals surface area contributed by atoms with Gasteiger partial charge in [-0.3, -0.25) is 4.79 Å². The maximum absolute atomic E-state index is 10.7. The van der Waals surface area contributed by atoms with Crippen molar-refractivity contribution in [2.24, 2.45) is 0 Å². The van der Waals surface area contributed by atoms with Crippen LogP contribution in [0, 0.1) is 0 Å². The maximum atomic E-state index is 10.7. The molecule has 0 aromatic heterocycles. The highest BCUT2D eigenvalue weighted by Gasteiger charge is 1.96. The van der Waals surface area contributed by atoms with Crippen molar-refractivity contribution in [1.29, 1.82) is 0 Å². The summed E-state index contributed by atoms with van der Waals surface area (Å²) in [5, 5.41) is 0. The molecule has 2 nitrogen and oxygen atoms in total. The van der Waals surface area contributed by atoms with Crippen LogP contribution in [-0.4, -0.2) is 18.6 Å². The minimum absolute atomic E-state index is 0.158. The first kappa shape index (κ1) is 11.1. The molecule has 14 heavy (non-hydrogen) atoms. The van der Waals surface area contributed by atoms with Crippen molar-refractivity contribution in [2.45, 2.75) is 18.2 Å². The number of ketones is 1. The molecular formula is C11H14O2S. The highest BCUT2D eigenvalue weighted by molar-refractivity contribution is 7.98. The Morgan fingerprint density at radius 2 is 2.00 bits per heavy atom. The molecule has 0 saturated heterocycles. The van der Waals surface area contributed by atoms with Gasteiger partial charge in [-0.1, -0.05) is 0 Å². The van der Waals surface area contributed by atoms with E-state index in [1.165, 1.54) is 4.90 Å². The lowest BCUT2D eigenvalue weighted by Gasteiger charge is -2.04. The Balaban J connectivity index is 2.40. The van der Waals surface area contributed by atoms with Gasteiger partial charge in [0.05, 0.1) is 6.61 Å². The molecule has 0 unspecified atom stereocenters. The predicted octanol–water partition coefficient (Wildman–Crippen LogP) is 2.77. The van der Waals surface area contributed by atoms with Gasteiger partial charge >= 0.3 is 0 Å². The first-order chi connectivity index (χ1) is 6.72. The molecule has 0 spiro atoms. The van der Waals surface area contributed by atoms with Crippen LogP contribution >= 0.6 is 11.8 Å². The minimum Gasteiger partial charge on any atom is -0.493 e. The number of Topliss-reactive ketones (excluding diaryl/α,β-unsaturated/α-hetero) is 1. The standard InChI is InChI=1S/C11H14O2S/c1-9(12)7-8-13-10-3-5-11(14-2)6-4-10/h3-6H,7-8H2,1-2H3. The van der Waals surface area contributed by atoms with Crippen molar-refractivity contribution in [3.8, 4) is 5.75 Å². The van der Waals surface area contributed by atoms with Gasteiger partial charge in [0, 0.05) is 11.3 Å². The van der Waals surface area contributed by atoms with Crippen LogP contribution in [0.15, 0.2) is 29.2 Å². The lowest BCUT2D eigenvalue weighted by Crippen LogP contribution is -2.02. The smallest absolute Gasteiger partial charge is 0.133 e. The van der Waals surface area contributed by atoms with E-state index in [-0.39, 0.29) is 5.78 Å². The molecule has 3 heteroatoms. The fourth-order valence-corrected chi connectivity index (χ4v) is 1.39. The second kappa shape index (κ2) is 5.70. The topological polar surface area (TPSA) is 26.3 Å². The Morgan fingerprint density at radius 3 is 2.50 bits per heavy atom. The fraction of sp³-hybridized carbons (Fsp3) is 0.364. The van der Waals surface area contributed by atoms with E-state index in [1.807, 2.05) is 30.5 Å². The van der Waals surface area contributed by atoms with Gasteiger partial charge in [-0.2, -0.15) is 0 Å². The van der Waals surface area contributed by atoms with E-state index in [0.29, 0.717) is 13.0 Å². The Labute approximate surface area is 88.7 Å². The first-order valence-corrected chi connectivity index (χ1v) is 5.71. The summed E-state index contributed by atoms with van der Waals surface area (Å²) in [6.07, 6.45) is 2.51. The minimum atomic E-state index is 0.158. The second-order valence-electron chi connectivity index (χ2n) is 2.98. The maximum Gasteiger partial charge on any atom is 0.133 e. The summed E-state index contributed by atoms with van der Waals surface area (Å²) in [4.78, 5) is 11.9. The van der Waals surface area contributed by atoms with Gasteiger partial charge in [-0.25, -0.2) is 0 Å². The Kier molecular flexibility index (Phi) is 4.53. The molecule has 0 N–H and O–H groups in total. The van der Waals surface area contributed by atoms with E-state index in [0.717, 1.165) is 5.75 Å². The van der Waals surface area contributed by atoms with E-state index in [9.17, 15) is 4.79 Å². The summed E-state index contributed by atoms with van der Waals surface area (Å²) in [5.74, 6) is 0.981. The van der Waals surface area contributed by atoms with E-state index in [1.54, 1.807) is 18.7 Å². The van der Waals surface area contributed by atoms with Gasteiger partial charge in [-0.05, 0) is 37.4 Å². The zero-order valence-electron chi connectivity index (χ0n) is 8.45. The largest absolute Gasteiger partial charge is 0.493 e. The average Bonchev–Trinajstić information content (AvgIpc) is 2.18. The zero-order chi connectivity index (χ0) is 10.4. The summed E-state index contributed by atoms with van der Waals surface area (Å²) >= 11 is 1.70. The molecule has 0 bridgehead atoms.